The molecule has 0 bridgehead atoms. The van der Waals surface area contributed by atoms with Crippen molar-refractivity contribution < 1.29 is 28.8 Å². The molecule has 2 amide bonds. The van der Waals surface area contributed by atoms with Gasteiger partial charge in [-0.2, -0.15) is 0 Å². The molecule has 0 N–H and O–H groups in total. The summed E-state index contributed by atoms with van der Waals surface area (Å²) in [5.41, 5.74) is 0.659. The van der Waals surface area contributed by atoms with Crippen LogP contribution in [0.4, 0.5) is 10.5 Å². The summed E-state index contributed by atoms with van der Waals surface area (Å²) < 4.78 is 11.1. The minimum atomic E-state index is -0.581. The number of nitro groups is 1. The molecule has 1 aliphatic rings. The molecule has 0 spiro atoms. The summed E-state index contributed by atoms with van der Waals surface area (Å²) in [7, 11) is 1.52. The number of hydrogen-bond acceptors (Lipinski definition) is 8. The molecule has 172 valence electrons. The molecule has 1 aliphatic heterocycles. The molecule has 0 saturated carbocycles. The fourth-order valence-corrected chi connectivity index (χ4v) is 3.85. The fourth-order valence-electron chi connectivity index (χ4n) is 3.01. The number of nitro benzene ring substituents is 1. The zero-order valence-electron chi connectivity index (χ0n) is 18.1. The Hall–Kier alpha value is -3.66. The Kier molecular flexibility index (Phi) is 7.83. The molecule has 1 fully saturated rings. The van der Waals surface area contributed by atoms with Crippen LogP contribution >= 0.6 is 11.8 Å². The Bertz CT molecular complexity index is 1110. The van der Waals surface area contributed by atoms with E-state index in [0.717, 1.165) is 29.5 Å². The molecule has 0 aliphatic carbocycles. The highest BCUT2D eigenvalue weighted by Gasteiger charge is 2.36. The first-order chi connectivity index (χ1) is 15.8. The van der Waals surface area contributed by atoms with Crippen molar-refractivity contribution >= 4 is 40.5 Å². The lowest BCUT2D eigenvalue weighted by Crippen LogP contribution is -2.33. The van der Waals surface area contributed by atoms with Crippen LogP contribution in [0.1, 0.15) is 35.7 Å². The maximum absolute atomic E-state index is 12.7. The van der Waals surface area contributed by atoms with Crippen molar-refractivity contribution in [2.24, 2.45) is 0 Å². The molecule has 3 rings (SSSR count). The zero-order chi connectivity index (χ0) is 24.0. The highest BCUT2D eigenvalue weighted by atomic mass is 32.2. The average Bonchev–Trinajstić information content (AvgIpc) is 3.07. The van der Waals surface area contributed by atoms with E-state index in [1.54, 1.807) is 24.3 Å². The maximum Gasteiger partial charge on any atom is 0.293 e. The number of thioether (sulfide) groups is 1. The third-order valence-electron chi connectivity index (χ3n) is 4.82. The van der Waals surface area contributed by atoms with E-state index in [2.05, 4.69) is 6.92 Å². The lowest BCUT2D eigenvalue weighted by Gasteiger charge is -2.12. The van der Waals surface area contributed by atoms with Crippen LogP contribution in [0, 0.1) is 10.1 Å². The Labute approximate surface area is 194 Å². The number of ether oxygens (including phenoxy) is 2. The van der Waals surface area contributed by atoms with Gasteiger partial charge in [-0.05, 0) is 54.1 Å². The minimum absolute atomic E-state index is 0.155. The molecule has 2 aromatic rings. The molecule has 33 heavy (non-hydrogen) atoms. The predicted octanol–water partition coefficient (Wildman–Crippen LogP) is 4.70. The summed E-state index contributed by atoms with van der Waals surface area (Å²) in [6.45, 7) is 2.18. The van der Waals surface area contributed by atoms with Crippen LogP contribution in [0.2, 0.25) is 0 Å². The standard InChI is InChI=1S/C23H22N2O7S/c1-3-4-11-32-19-10-5-15(12-20(19)31-2)13-21-22(27)24(23(28)33-21)14-18(26)16-6-8-17(9-7-16)25(29)30/h5-10,12-13H,3-4,11,14H2,1-2H3/b21-13-. The van der Waals surface area contributed by atoms with Gasteiger partial charge in [0.25, 0.3) is 16.8 Å². The van der Waals surface area contributed by atoms with Gasteiger partial charge in [0.2, 0.25) is 0 Å². The molecular weight excluding hydrogens is 448 g/mol. The Morgan fingerprint density at radius 2 is 1.88 bits per heavy atom. The van der Waals surface area contributed by atoms with Gasteiger partial charge in [0.1, 0.15) is 0 Å². The number of nitrogens with zero attached hydrogens (tertiary/aromatic N) is 2. The van der Waals surface area contributed by atoms with E-state index in [1.807, 2.05) is 0 Å². The predicted molar refractivity (Wildman–Crippen MR) is 124 cm³/mol. The second-order valence-electron chi connectivity index (χ2n) is 7.11. The number of benzene rings is 2. The Morgan fingerprint density at radius 3 is 2.52 bits per heavy atom. The molecule has 1 saturated heterocycles. The Balaban J connectivity index is 1.72. The van der Waals surface area contributed by atoms with E-state index < -0.39 is 28.4 Å². The summed E-state index contributed by atoms with van der Waals surface area (Å²) in [6.07, 6.45) is 3.47. The first-order valence-corrected chi connectivity index (χ1v) is 11.0. The number of Topliss-reactive ketones (excluding diaryl/α,β-unsaturated/α-hetero) is 1. The van der Waals surface area contributed by atoms with Gasteiger partial charge in [0.15, 0.2) is 17.3 Å². The highest BCUT2D eigenvalue weighted by Crippen LogP contribution is 2.34. The molecule has 0 aromatic heterocycles. The SMILES string of the molecule is CCCCOc1ccc(/C=C2\SC(=O)N(CC(=O)c3ccc([N+](=O)[O-])cc3)C2=O)cc1OC. The van der Waals surface area contributed by atoms with Crippen molar-refractivity contribution in [2.45, 2.75) is 19.8 Å². The first-order valence-electron chi connectivity index (χ1n) is 10.2. The summed E-state index contributed by atoms with van der Waals surface area (Å²) in [5.74, 6) is 0.0172. The topological polar surface area (TPSA) is 116 Å². The number of carbonyl (C=O) groups excluding carboxylic acids is 3. The lowest BCUT2D eigenvalue weighted by molar-refractivity contribution is -0.384. The number of imide groups is 1. The van der Waals surface area contributed by atoms with E-state index in [0.29, 0.717) is 23.7 Å². The first kappa shape index (κ1) is 24.0. The van der Waals surface area contributed by atoms with E-state index in [9.17, 15) is 24.5 Å². The van der Waals surface area contributed by atoms with Crippen LogP contribution in [-0.2, 0) is 4.79 Å². The molecule has 2 aromatic carbocycles. The zero-order valence-corrected chi connectivity index (χ0v) is 18.9. The summed E-state index contributed by atoms with van der Waals surface area (Å²) in [5, 5.41) is 10.2. The molecule has 0 radical (unpaired) electrons. The van der Waals surface area contributed by atoms with E-state index in [-0.39, 0.29) is 16.2 Å². The van der Waals surface area contributed by atoms with Crippen LogP contribution in [0.15, 0.2) is 47.4 Å². The van der Waals surface area contributed by atoms with Gasteiger partial charge in [-0.1, -0.05) is 19.4 Å². The lowest BCUT2D eigenvalue weighted by atomic mass is 10.1. The van der Waals surface area contributed by atoms with Crippen molar-refractivity contribution in [3.05, 3.63) is 68.6 Å². The normalized spacial score (nSPS) is 14.6. The molecule has 9 nitrogen and oxygen atoms in total. The number of unbranched alkanes of at least 4 members (excludes halogenated alkanes) is 1. The van der Waals surface area contributed by atoms with Crippen molar-refractivity contribution in [3.63, 3.8) is 0 Å². The number of methoxy groups -OCH3 is 1. The fraction of sp³-hybridized carbons (Fsp3) is 0.261. The van der Waals surface area contributed by atoms with Gasteiger partial charge in [-0.15, -0.1) is 0 Å². The minimum Gasteiger partial charge on any atom is -0.493 e. The smallest absolute Gasteiger partial charge is 0.293 e. The van der Waals surface area contributed by atoms with Crippen molar-refractivity contribution in [1.29, 1.82) is 0 Å². The van der Waals surface area contributed by atoms with Gasteiger partial charge in [0.05, 0.1) is 30.1 Å². The van der Waals surface area contributed by atoms with Gasteiger partial charge < -0.3 is 9.47 Å². The van der Waals surface area contributed by atoms with Crippen LogP contribution in [0.25, 0.3) is 6.08 Å². The van der Waals surface area contributed by atoms with Gasteiger partial charge >= 0.3 is 0 Å². The summed E-state index contributed by atoms with van der Waals surface area (Å²) in [4.78, 5) is 48.8. The van der Waals surface area contributed by atoms with Gasteiger partial charge in [-0.25, -0.2) is 0 Å². The average molecular weight is 471 g/mol. The van der Waals surface area contributed by atoms with E-state index in [1.165, 1.54) is 31.4 Å². The second kappa shape index (κ2) is 10.8. The van der Waals surface area contributed by atoms with Crippen LogP contribution < -0.4 is 9.47 Å². The third kappa shape index (κ3) is 5.78. The molecular formula is C23H22N2O7S. The van der Waals surface area contributed by atoms with E-state index in [4.69, 9.17) is 9.47 Å². The molecule has 0 atom stereocenters. The number of ketones is 1. The van der Waals surface area contributed by atoms with E-state index >= 15 is 0 Å². The molecule has 1 heterocycles. The number of amides is 2. The molecule has 0 unspecified atom stereocenters. The Morgan fingerprint density at radius 1 is 1.15 bits per heavy atom. The van der Waals surface area contributed by atoms with Gasteiger partial charge in [-0.3, -0.25) is 29.4 Å². The number of non-ortho nitro benzene ring substituents is 1. The number of carbonyl (C=O) groups is 3. The van der Waals surface area contributed by atoms with Crippen molar-refractivity contribution in [1.82, 2.24) is 4.90 Å². The summed E-state index contributed by atoms with van der Waals surface area (Å²) in [6, 6.07) is 10.2. The number of rotatable bonds is 10. The van der Waals surface area contributed by atoms with Crippen molar-refractivity contribution in [3.8, 4) is 11.5 Å². The van der Waals surface area contributed by atoms with Crippen LogP contribution in [0.3, 0.4) is 0 Å². The summed E-state index contributed by atoms with van der Waals surface area (Å²) >= 11 is 0.740. The number of hydrogen-bond donors (Lipinski definition) is 0. The second-order valence-corrected chi connectivity index (χ2v) is 8.10. The molecule has 10 heteroatoms. The van der Waals surface area contributed by atoms with Gasteiger partial charge in [0, 0.05) is 17.7 Å². The van der Waals surface area contributed by atoms with Crippen molar-refractivity contribution in [2.75, 3.05) is 20.3 Å². The largest absolute Gasteiger partial charge is 0.493 e. The van der Waals surface area contributed by atoms with Crippen LogP contribution in [-0.4, -0.2) is 47.0 Å². The maximum atomic E-state index is 12.7. The van der Waals surface area contributed by atoms with Crippen LogP contribution in [0.5, 0.6) is 11.5 Å². The highest BCUT2D eigenvalue weighted by molar-refractivity contribution is 8.18. The quantitative estimate of drug-likeness (QED) is 0.161. The monoisotopic (exact) mass is 470 g/mol. The third-order valence-corrected chi connectivity index (χ3v) is 5.72.